The number of aromatic nitrogens is 2. The molecule has 1 aliphatic carbocycles. The highest BCUT2D eigenvalue weighted by atomic mass is 32.1. The third kappa shape index (κ3) is 2.45. The number of carbonyl (C=O) groups is 1. The summed E-state index contributed by atoms with van der Waals surface area (Å²) in [5.74, 6) is 0.388. The van der Waals surface area contributed by atoms with E-state index in [-0.39, 0.29) is 12.0 Å². The molecule has 0 radical (unpaired) electrons. The smallest absolute Gasteiger partial charge is 0.261 e. The lowest BCUT2D eigenvalue weighted by Gasteiger charge is -2.09. The average Bonchev–Trinajstić information content (AvgIpc) is 3.06. The monoisotopic (exact) mass is 293 g/mol. The number of aliphatic hydroxyl groups excluding tert-OH is 1. The number of nitrogens with zero attached hydrogens (tertiary/aromatic N) is 2. The van der Waals surface area contributed by atoms with E-state index in [0.29, 0.717) is 12.5 Å². The van der Waals surface area contributed by atoms with Crippen molar-refractivity contribution in [3.63, 3.8) is 0 Å². The molecule has 2 atom stereocenters. The zero-order valence-corrected chi connectivity index (χ0v) is 12.5. The Morgan fingerprint density at radius 1 is 1.60 bits per heavy atom. The maximum Gasteiger partial charge on any atom is 0.261 e. The molecule has 20 heavy (non-hydrogen) atoms. The number of rotatable bonds is 3. The minimum Gasteiger partial charge on any atom is -0.393 e. The van der Waals surface area contributed by atoms with Crippen LogP contribution in [0.5, 0.6) is 0 Å². The summed E-state index contributed by atoms with van der Waals surface area (Å²) in [6.45, 7) is 2.61. The van der Waals surface area contributed by atoms with Crippen LogP contribution >= 0.6 is 11.3 Å². The highest BCUT2D eigenvalue weighted by molar-refractivity contribution is 7.20. The Labute approximate surface area is 121 Å². The normalized spacial score (nSPS) is 22.6. The second kappa shape index (κ2) is 5.18. The molecule has 1 aliphatic rings. The largest absolute Gasteiger partial charge is 0.393 e. The first-order chi connectivity index (χ1) is 9.54. The van der Waals surface area contributed by atoms with E-state index in [1.807, 2.05) is 24.7 Å². The Bertz CT molecular complexity index is 612. The van der Waals surface area contributed by atoms with Crippen LogP contribution in [0, 0.1) is 12.8 Å². The van der Waals surface area contributed by atoms with Crippen molar-refractivity contribution in [1.29, 1.82) is 0 Å². The number of fused-ring (bicyclic) bond motifs is 1. The summed E-state index contributed by atoms with van der Waals surface area (Å²) in [5, 5.41) is 17.9. The van der Waals surface area contributed by atoms with Gasteiger partial charge < -0.3 is 10.4 Å². The predicted molar refractivity (Wildman–Crippen MR) is 79.0 cm³/mol. The highest BCUT2D eigenvalue weighted by Gasteiger charge is 2.23. The summed E-state index contributed by atoms with van der Waals surface area (Å²) in [4.78, 5) is 13.9. The second-order valence-electron chi connectivity index (χ2n) is 5.58. The van der Waals surface area contributed by atoms with E-state index in [2.05, 4.69) is 10.4 Å². The molecular formula is C14H19N3O2S. The Balaban J connectivity index is 1.68. The van der Waals surface area contributed by atoms with E-state index >= 15 is 0 Å². The van der Waals surface area contributed by atoms with Crippen LogP contribution in [0.15, 0.2) is 6.07 Å². The lowest BCUT2D eigenvalue weighted by atomic mass is 10.1. The van der Waals surface area contributed by atoms with Crippen LogP contribution in [0.25, 0.3) is 10.2 Å². The zero-order valence-electron chi connectivity index (χ0n) is 11.7. The zero-order chi connectivity index (χ0) is 14.3. The fraction of sp³-hybridized carbons (Fsp3) is 0.571. The summed E-state index contributed by atoms with van der Waals surface area (Å²) in [7, 11) is 1.90. The molecule has 3 rings (SSSR count). The molecule has 0 aliphatic heterocycles. The van der Waals surface area contributed by atoms with Gasteiger partial charge in [0, 0.05) is 19.0 Å². The molecule has 2 aromatic heterocycles. The lowest BCUT2D eigenvalue weighted by Crippen LogP contribution is -2.28. The standard InChI is InChI=1S/C14H19N3O2S/c1-8-11-6-12(20-14(11)17(2)16-8)13(19)15-7-9-3-4-10(18)5-9/h6,9-10,18H,3-5,7H2,1-2H3,(H,15,19). The SMILES string of the molecule is Cc1nn(C)c2sc(C(=O)NCC3CCC(O)C3)cc12. The first-order valence-electron chi connectivity index (χ1n) is 6.94. The molecule has 1 saturated carbocycles. The number of carbonyl (C=O) groups excluding carboxylic acids is 1. The molecule has 1 amide bonds. The number of thiophene rings is 1. The van der Waals surface area contributed by atoms with Gasteiger partial charge in [0.1, 0.15) is 4.83 Å². The highest BCUT2D eigenvalue weighted by Crippen LogP contribution is 2.28. The van der Waals surface area contributed by atoms with Crippen molar-refractivity contribution >= 4 is 27.5 Å². The Hall–Kier alpha value is -1.40. The van der Waals surface area contributed by atoms with Crippen LogP contribution < -0.4 is 5.32 Å². The van der Waals surface area contributed by atoms with Gasteiger partial charge in [-0.3, -0.25) is 9.48 Å². The molecule has 0 spiro atoms. The first kappa shape index (κ1) is 13.6. The van der Waals surface area contributed by atoms with Gasteiger partial charge in [-0.15, -0.1) is 11.3 Å². The van der Waals surface area contributed by atoms with Crippen molar-refractivity contribution in [2.45, 2.75) is 32.3 Å². The van der Waals surface area contributed by atoms with Gasteiger partial charge in [0.15, 0.2) is 0 Å². The third-order valence-electron chi connectivity index (χ3n) is 3.98. The molecule has 2 heterocycles. The lowest BCUT2D eigenvalue weighted by molar-refractivity contribution is 0.0949. The molecular weight excluding hydrogens is 274 g/mol. The van der Waals surface area contributed by atoms with Crippen molar-refractivity contribution < 1.29 is 9.90 Å². The van der Waals surface area contributed by atoms with E-state index in [1.54, 1.807) is 0 Å². The van der Waals surface area contributed by atoms with Crippen LogP contribution in [0.1, 0.15) is 34.6 Å². The van der Waals surface area contributed by atoms with Crippen molar-refractivity contribution in [1.82, 2.24) is 15.1 Å². The van der Waals surface area contributed by atoms with Crippen LogP contribution in [-0.2, 0) is 7.05 Å². The van der Waals surface area contributed by atoms with Gasteiger partial charge >= 0.3 is 0 Å². The predicted octanol–water partition coefficient (Wildman–Crippen LogP) is 1.83. The number of hydrogen-bond acceptors (Lipinski definition) is 4. The van der Waals surface area contributed by atoms with Crippen LogP contribution in [0.4, 0.5) is 0 Å². The number of hydrogen-bond donors (Lipinski definition) is 2. The number of aliphatic hydroxyl groups is 1. The first-order valence-corrected chi connectivity index (χ1v) is 7.75. The molecule has 2 unspecified atom stereocenters. The van der Waals surface area contributed by atoms with Crippen molar-refractivity contribution in [3.8, 4) is 0 Å². The molecule has 0 aromatic carbocycles. The maximum atomic E-state index is 12.2. The molecule has 2 N–H and O–H groups in total. The summed E-state index contributed by atoms with van der Waals surface area (Å²) in [6.07, 6.45) is 2.47. The van der Waals surface area contributed by atoms with Gasteiger partial charge in [-0.2, -0.15) is 5.10 Å². The van der Waals surface area contributed by atoms with Gasteiger partial charge in [0.2, 0.25) is 0 Å². The molecule has 1 fully saturated rings. The van der Waals surface area contributed by atoms with Gasteiger partial charge in [-0.05, 0) is 38.2 Å². The Morgan fingerprint density at radius 2 is 2.40 bits per heavy atom. The summed E-state index contributed by atoms with van der Waals surface area (Å²) >= 11 is 1.47. The minimum atomic E-state index is -0.185. The summed E-state index contributed by atoms with van der Waals surface area (Å²) in [5.41, 5.74) is 0.955. The van der Waals surface area contributed by atoms with E-state index in [1.165, 1.54) is 11.3 Å². The minimum absolute atomic E-state index is 0.0213. The topological polar surface area (TPSA) is 67.2 Å². The fourth-order valence-electron chi connectivity index (χ4n) is 2.88. The summed E-state index contributed by atoms with van der Waals surface area (Å²) in [6, 6.07) is 1.92. The molecule has 2 aromatic rings. The van der Waals surface area contributed by atoms with E-state index in [0.717, 1.165) is 40.1 Å². The quantitative estimate of drug-likeness (QED) is 0.907. The maximum absolute atomic E-state index is 12.2. The van der Waals surface area contributed by atoms with E-state index < -0.39 is 0 Å². The van der Waals surface area contributed by atoms with Crippen molar-refractivity contribution in [2.24, 2.45) is 13.0 Å². The molecule has 0 saturated heterocycles. The third-order valence-corrected chi connectivity index (χ3v) is 5.19. The van der Waals surface area contributed by atoms with Crippen LogP contribution in [-0.4, -0.2) is 33.4 Å². The number of amides is 1. The molecule has 5 nitrogen and oxygen atoms in total. The number of nitrogens with one attached hydrogen (secondary N) is 1. The molecule has 0 bridgehead atoms. The summed E-state index contributed by atoms with van der Waals surface area (Å²) < 4.78 is 1.82. The van der Waals surface area contributed by atoms with Gasteiger partial charge in [-0.1, -0.05) is 0 Å². The fourth-order valence-corrected chi connectivity index (χ4v) is 3.91. The second-order valence-corrected chi connectivity index (χ2v) is 6.61. The van der Waals surface area contributed by atoms with Gasteiger partial charge in [-0.25, -0.2) is 0 Å². The average molecular weight is 293 g/mol. The number of aryl methyl sites for hydroxylation is 2. The Kier molecular flexibility index (Phi) is 3.52. The van der Waals surface area contributed by atoms with Crippen LogP contribution in [0.2, 0.25) is 0 Å². The van der Waals surface area contributed by atoms with Crippen molar-refractivity contribution in [3.05, 3.63) is 16.6 Å². The van der Waals surface area contributed by atoms with E-state index in [9.17, 15) is 9.90 Å². The van der Waals surface area contributed by atoms with Crippen molar-refractivity contribution in [2.75, 3.05) is 6.54 Å². The molecule has 6 heteroatoms. The Morgan fingerprint density at radius 3 is 3.05 bits per heavy atom. The van der Waals surface area contributed by atoms with Crippen LogP contribution in [0.3, 0.4) is 0 Å². The van der Waals surface area contributed by atoms with E-state index in [4.69, 9.17) is 0 Å². The molecule has 108 valence electrons. The van der Waals surface area contributed by atoms with Gasteiger partial charge in [0.25, 0.3) is 5.91 Å². The van der Waals surface area contributed by atoms with Gasteiger partial charge in [0.05, 0.1) is 16.7 Å².